The molecule has 1 saturated carbocycles. The van der Waals surface area contributed by atoms with E-state index in [9.17, 15) is 8.42 Å². The average Bonchev–Trinajstić information content (AvgIpc) is 3.13. The Bertz CT molecular complexity index is 546. The average molecular weight is 331 g/mol. The van der Waals surface area contributed by atoms with Gasteiger partial charge in [0.2, 0.25) is 10.0 Å². The van der Waals surface area contributed by atoms with Crippen LogP contribution in [0.15, 0.2) is 15.7 Å². The lowest BCUT2D eigenvalue weighted by Crippen LogP contribution is -2.37. The van der Waals surface area contributed by atoms with Crippen molar-refractivity contribution >= 4 is 21.4 Å². The number of nitrogens with one attached hydrogen (secondary N) is 2. The highest BCUT2D eigenvalue weighted by atomic mass is 32.2. The van der Waals surface area contributed by atoms with Gasteiger partial charge in [-0.2, -0.15) is 0 Å². The summed E-state index contributed by atoms with van der Waals surface area (Å²) in [5.74, 6) is 0.385. The Hall–Kier alpha value is -0.430. The number of sulfonamides is 1. The summed E-state index contributed by atoms with van der Waals surface area (Å²) in [5.41, 5.74) is 1.06. The molecule has 1 aromatic heterocycles. The second-order valence-corrected chi connectivity index (χ2v) is 8.77. The fourth-order valence-electron chi connectivity index (χ4n) is 2.53. The van der Waals surface area contributed by atoms with E-state index in [0.717, 1.165) is 24.9 Å². The van der Waals surface area contributed by atoms with Crippen LogP contribution in [0.4, 0.5) is 0 Å². The van der Waals surface area contributed by atoms with Crippen molar-refractivity contribution in [3.63, 3.8) is 0 Å². The molecule has 1 aliphatic carbocycles. The van der Waals surface area contributed by atoms with Crippen molar-refractivity contribution in [2.75, 3.05) is 0 Å². The van der Waals surface area contributed by atoms with Crippen LogP contribution in [-0.2, 0) is 16.6 Å². The minimum Gasteiger partial charge on any atom is -0.310 e. The molecular formula is C15H26N2O2S2. The number of hydrogen-bond acceptors (Lipinski definition) is 4. The summed E-state index contributed by atoms with van der Waals surface area (Å²) >= 11 is 1.31. The van der Waals surface area contributed by atoms with Crippen LogP contribution in [0, 0.1) is 5.92 Å². The van der Waals surface area contributed by atoms with Crippen molar-refractivity contribution in [2.24, 2.45) is 5.92 Å². The van der Waals surface area contributed by atoms with E-state index in [1.165, 1.54) is 24.2 Å². The van der Waals surface area contributed by atoms with E-state index in [0.29, 0.717) is 16.2 Å². The highest BCUT2D eigenvalue weighted by Gasteiger charge is 2.24. The lowest BCUT2D eigenvalue weighted by atomic mass is 9.96. The van der Waals surface area contributed by atoms with Crippen LogP contribution in [0.1, 0.15) is 52.0 Å². The zero-order valence-corrected chi connectivity index (χ0v) is 14.7. The molecule has 1 aliphatic rings. The van der Waals surface area contributed by atoms with Gasteiger partial charge in [0.05, 0.1) is 0 Å². The minimum atomic E-state index is -3.39. The molecule has 1 atom stereocenters. The van der Waals surface area contributed by atoms with Crippen LogP contribution in [-0.4, -0.2) is 20.5 Å². The molecule has 0 aliphatic heterocycles. The monoisotopic (exact) mass is 330 g/mol. The summed E-state index contributed by atoms with van der Waals surface area (Å²) in [5, 5.41) is 5.34. The summed E-state index contributed by atoms with van der Waals surface area (Å²) < 4.78 is 28.1. The molecule has 2 rings (SSSR count). The standard InChI is InChI=1S/C15H26N2O2S2/c1-4-13(5-2)11(3)17-21(18,19)15-8-12(10-20-15)9-16-14-6-7-14/h8,10-11,13-14,16-17H,4-7,9H2,1-3H3. The van der Waals surface area contributed by atoms with E-state index in [4.69, 9.17) is 0 Å². The van der Waals surface area contributed by atoms with Crippen molar-refractivity contribution in [2.45, 2.75) is 69.3 Å². The quantitative estimate of drug-likeness (QED) is 0.731. The van der Waals surface area contributed by atoms with Gasteiger partial charge in [0.1, 0.15) is 4.21 Å². The largest absolute Gasteiger partial charge is 0.310 e. The lowest BCUT2D eigenvalue weighted by molar-refractivity contribution is 0.391. The molecule has 0 amide bonds. The van der Waals surface area contributed by atoms with Crippen LogP contribution < -0.4 is 10.0 Å². The third kappa shape index (κ3) is 4.77. The Balaban J connectivity index is 1.97. The molecular weight excluding hydrogens is 304 g/mol. The molecule has 0 saturated heterocycles. The summed E-state index contributed by atoms with van der Waals surface area (Å²) in [7, 11) is -3.39. The smallest absolute Gasteiger partial charge is 0.250 e. The number of rotatable bonds is 9. The van der Waals surface area contributed by atoms with E-state index in [-0.39, 0.29) is 6.04 Å². The molecule has 0 radical (unpaired) electrons. The van der Waals surface area contributed by atoms with Crippen LogP contribution >= 0.6 is 11.3 Å². The molecule has 6 heteroatoms. The predicted octanol–water partition coefficient (Wildman–Crippen LogP) is 3.10. The van der Waals surface area contributed by atoms with Crippen LogP contribution in [0.5, 0.6) is 0 Å². The van der Waals surface area contributed by atoms with Gasteiger partial charge in [0, 0.05) is 18.6 Å². The van der Waals surface area contributed by atoms with Crippen molar-refractivity contribution < 1.29 is 8.42 Å². The van der Waals surface area contributed by atoms with Gasteiger partial charge in [0.25, 0.3) is 0 Å². The van der Waals surface area contributed by atoms with E-state index in [1.807, 2.05) is 12.3 Å². The Kier molecular flexibility index (Phi) is 5.82. The van der Waals surface area contributed by atoms with Gasteiger partial charge in [-0.1, -0.05) is 26.7 Å². The van der Waals surface area contributed by atoms with Crippen molar-refractivity contribution in [1.29, 1.82) is 0 Å². The first-order valence-electron chi connectivity index (χ1n) is 7.79. The first kappa shape index (κ1) is 16.9. The SMILES string of the molecule is CCC(CC)C(C)NS(=O)(=O)c1cc(CNC2CC2)cs1. The van der Waals surface area contributed by atoms with E-state index in [1.54, 1.807) is 6.07 Å². The topological polar surface area (TPSA) is 58.2 Å². The maximum absolute atomic E-state index is 12.4. The van der Waals surface area contributed by atoms with Crippen LogP contribution in [0.3, 0.4) is 0 Å². The Morgan fingerprint density at radius 3 is 2.57 bits per heavy atom. The predicted molar refractivity (Wildman–Crippen MR) is 88.0 cm³/mol. The fourth-order valence-corrected chi connectivity index (χ4v) is 5.07. The van der Waals surface area contributed by atoms with Crippen molar-refractivity contribution in [3.05, 3.63) is 17.0 Å². The van der Waals surface area contributed by atoms with Crippen LogP contribution in [0.2, 0.25) is 0 Å². The van der Waals surface area contributed by atoms with Gasteiger partial charge in [-0.3, -0.25) is 0 Å². The van der Waals surface area contributed by atoms with E-state index >= 15 is 0 Å². The Morgan fingerprint density at radius 1 is 1.33 bits per heavy atom. The maximum atomic E-state index is 12.4. The lowest BCUT2D eigenvalue weighted by Gasteiger charge is -2.21. The van der Waals surface area contributed by atoms with Crippen molar-refractivity contribution in [3.8, 4) is 0 Å². The molecule has 1 aromatic rings. The van der Waals surface area contributed by atoms with E-state index < -0.39 is 10.0 Å². The molecule has 21 heavy (non-hydrogen) atoms. The van der Waals surface area contributed by atoms with E-state index in [2.05, 4.69) is 23.9 Å². The maximum Gasteiger partial charge on any atom is 0.250 e. The summed E-state index contributed by atoms with van der Waals surface area (Å²) in [6.07, 6.45) is 4.45. The molecule has 2 N–H and O–H groups in total. The van der Waals surface area contributed by atoms with Gasteiger partial charge < -0.3 is 5.32 Å². The summed E-state index contributed by atoms with van der Waals surface area (Å²) in [6, 6.07) is 2.40. The van der Waals surface area contributed by atoms with Gasteiger partial charge >= 0.3 is 0 Å². The first-order chi connectivity index (χ1) is 9.96. The minimum absolute atomic E-state index is 0.0276. The first-order valence-corrected chi connectivity index (χ1v) is 10.2. The molecule has 1 heterocycles. The molecule has 0 bridgehead atoms. The highest BCUT2D eigenvalue weighted by Crippen LogP contribution is 2.24. The second-order valence-electron chi connectivity index (χ2n) is 5.92. The van der Waals surface area contributed by atoms with Crippen LogP contribution in [0.25, 0.3) is 0 Å². The highest BCUT2D eigenvalue weighted by molar-refractivity contribution is 7.91. The normalized spacial score (nSPS) is 17.3. The summed E-state index contributed by atoms with van der Waals surface area (Å²) in [6.45, 7) is 6.93. The third-order valence-corrected chi connectivity index (χ3v) is 7.21. The zero-order valence-electron chi connectivity index (χ0n) is 13.1. The molecule has 0 spiro atoms. The summed E-state index contributed by atoms with van der Waals surface area (Å²) in [4.78, 5) is 0. The molecule has 0 aromatic carbocycles. The van der Waals surface area contributed by atoms with Gasteiger partial charge in [0.15, 0.2) is 0 Å². The van der Waals surface area contributed by atoms with Gasteiger partial charge in [-0.05, 0) is 42.7 Å². The Morgan fingerprint density at radius 2 is 2.00 bits per heavy atom. The Labute approximate surface area is 132 Å². The second kappa shape index (κ2) is 7.22. The zero-order chi connectivity index (χ0) is 15.5. The number of hydrogen-bond donors (Lipinski definition) is 2. The van der Waals surface area contributed by atoms with Gasteiger partial charge in [-0.15, -0.1) is 11.3 Å². The molecule has 1 unspecified atom stereocenters. The van der Waals surface area contributed by atoms with Crippen molar-refractivity contribution in [1.82, 2.24) is 10.0 Å². The molecule has 120 valence electrons. The number of thiophene rings is 1. The third-order valence-electron chi connectivity index (χ3n) is 4.16. The molecule has 4 nitrogen and oxygen atoms in total. The molecule has 1 fully saturated rings. The van der Waals surface area contributed by atoms with Gasteiger partial charge in [-0.25, -0.2) is 13.1 Å². The fraction of sp³-hybridized carbons (Fsp3) is 0.733.